The van der Waals surface area contributed by atoms with Gasteiger partial charge in [0.05, 0.1) is 6.61 Å². The molecule has 2 nitrogen and oxygen atoms in total. The highest BCUT2D eigenvalue weighted by Gasteiger charge is 2.33. The summed E-state index contributed by atoms with van der Waals surface area (Å²) in [6.07, 6.45) is 5.74. The minimum Gasteiger partial charge on any atom is -0.493 e. The molecule has 21 heavy (non-hydrogen) atoms. The SMILES string of the molecule is C1=C[C@H](Nc2ccccc2)C[C@H]2c3ccccc3OC[C@@H]12. The van der Waals surface area contributed by atoms with Crippen molar-refractivity contribution in [3.63, 3.8) is 0 Å². The lowest BCUT2D eigenvalue weighted by Gasteiger charge is -2.37. The van der Waals surface area contributed by atoms with E-state index in [1.165, 1.54) is 11.3 Å². The van der Waals surface area contributed by atoms with E-state index in [4.69, 9.17) is 4.74 Å². The predicted molar refractivity (Wildman–Crippen MR) is 85.8 cm³/mol. The molecule has 0 aromatic heterocycles. The summed E-state index contributed by atoms with van der Waals surface area (Å²) in [6, 6.07) is 19.3. The summed E-state index contributed by atoms with van der Waals surface area (Å²) in [7, 11) is 0. The molecule has 2 aromatic rings. The molecule has 0 saturated heterocycles. The van der Waals surface area contributed by atoms with Crippen molar-refractivity contribution in [2.24, 2.45) is 5.92 Å². The van der Waals surface area contributed by atoms with Gasteiger partial charge in [0, 0.05) is 17.6 Å². The highest BCUT2D eigenvalue weighted by Crippen LogP contribution is 2.42. The van der Waals surface area contributed by atoms with Gasteiger partial charge in [-0.3, -0.25) is 0 Å². The van der Waals surface area contributed by atoms with Crippen LogP contribution in [0.4, 0.5) is 5.69 Å². The molecule has 1 heterocycles. The van der Waals surface area contributed by atoms with E-state index in [1.54, 1.807) is 0 Å². The average Bonchev–Trinajstić information content (AvgIpc) is 2.56. The van der Waals surface area contributed by atoms with E-state index < -0.39 is 0 Å². The van der Waals surface area contributed by atoms with E-state index in [-0.39, 0.29) is 0 Å². The van der Waals surface area contributed by atoms with Crippen LogP contribution in [0.2, 0.25) is 0 Å². The lowest BCUT2D eigenvalue weighted by molar-refractivity contribution is 0.212. The minimum atomic E-state index is 0.389. The Bertz CT molecular complexity index is 650. The summed E-state index contributed by atoms with van der Waals surface area (Å²) < 4.78 is 5.87. The Balaban J connectivity index is 1.57. The zero-order chi connectivity index (χ0) is 14.1. The summed E-state index contributed by atoms with van der Waals surface area (Å²) in [4.78, 5) is 0. The smallest absolute Gasteiger partial charge is 0.122 e. The fraction of sp³-hybridized carbons (Fsp3) is 0.263. The third-order valence-electron chi connectivity index (χ3n) is 4.49. The van der Waals surface area contributed by atoms with E-state index in [0.29, 0.717) is 17.9 Å². The lowest BCUT2D eigenvalue weighted by atomic mass is 9.76. The van der Waals surface area contributed by atoms with Gasteiger partial charge in [0.25, 0.3) is 0 Å². The number of anilines is 1. The monoisotopic (exact) mass is 277 g/mol. The topological polar surface area (TPSA) is 21.3 Å². The second-order valence-electron chi connectivity index (χ2n) is 5.86. The van der Waals surface area contributed by atoms with Crippen LogP contribution in [0.1, 0.15) is 17.9 Å². The molecule has 2 aliphatic rings. The Hall–Kier alpha value is -2.22. The first-order valence-electron chi connectivity index (χ1n) is 7.62. The first kappa shape index (κ1) is 12.5. The third-order valence-corrected chi connectivity index (χ3v) is 4.49. The minimum absolute atomic E-state index is 0.389. The second-order valence-corrected chi connectivity index (χ2v) is 5.86. The van der Waals surface area contributed by atoms with Crippen LogP contribution in [-0.4, -0.2) is 12.6 Å². The molecule has 0 spiro atoms. The second kappa shape index (κ2) is 5.28. The van der Waals surface area contributed by atoms with E-state index in [9.17, 15) is 0 Å². The maximum absolute atomic E-state index is 5.87. The molecule has 1 aliphatic heterocycles. The van der Waals surface area contributed by atoms with Gasteiger partial charge in [-0.1, -0.05) is 48.6 Å². The summed E-state index contributed by atoms with van der Waals surface area (Å²) in [5, 5.41) is 3.62. The average molecular weight is 277 g/mol. The summed E-state index contributed by atoms with van der Waals surface area (Å²) >= 11 is 0. The highest BCUT2D eigenvalue weighted by molar-refractivity contribution is 5.46. The number of hydrogen-bond donors (Lipinski definition) is 1. The zero-order valence-corrected chi connectivity index (χ0v) is 11.9. The summed E-state index contributed by atoms with van der Waals surface area (Å²) in [5.41, 5.74) is 2.55. The van der Waals surface area contributed by atoms with Crippen molar-refractivity contribution in [2.45, 2.75) is 18.4 Å². The van der Waals surface area contributed by atoms with Gasteiger partial charge in [-0.25, -0.2) is 0 Å². The molecular weight excluding hydrogens is 258 g/mol. The zero-order valence-electron chi connectivity index (χ0n) is 11.9. The maximum atomic E-state index is 5.87. The molecule has 106 valence electrons. The van der Waals surface area contributed by atoms with Crippen LogP contribution in [0.5, 0.6) is 5.75 Å². The quantitative estimate of drug-likeness (QED) is 0.830. The number of fused-ring (bicyclic) bond motifs is 3. The Kier molecular flexibility index (Phi) is 3.15. The Morgan fingerprint density at radius 3 is 2.62 bits per heavy atom. The number of benzene rings is 2. The molecule has 1 aliphatic carbocycles. The number of para-hydroxylation sites is 2. The van der Waals surface area contributed by atoms with Crippen LogP contribution >= 0.6 is 0 Å². The van der Waals surface area contributed by atoms with Crippen molar-refractivity contribution in [3.8, 4) is 5.75 Å². The lowest BCUT2D eigenvalue weighted by Crippen LogP contribution is -2.33. The van der Waals surface area contributed by atoms with Crippen LogP contribution in [-0.2, 0) is 0 Å². The van der Waals surface area contributed by atoms with Gasteiger partial charge < -0.3 is 10.1 Å². The molecule has 0 bridgehead atoms. The van der Waals surface area contributed by atoms with Crippen LogP contribution in [0.15, 0.2) is 66.7 Å². The van der Waals surface area contributed by atoms with E-state index in [2.05, 4.69) is 66.0 Å². The number of nitrogens with one attached hydrogen (secondary N) is 1. The normalized spacial score (nSPS) is 26.4. The van der Waals surface area contributed by atoms with Crippen molar-refractivity contribution in [2.75, 3.05) is 11.9 Å². The van der Waals surface area contributed by atoms with Crippen molar-refractivity contribution in [3.05, 3.63) is 72.3 Å². The van der Waals surface area contributed by atoms with Crippen LogP contribution in [0.3, 0.4) is 0 Å². The Labute approximate surface area is 125 Å². The molecule has 3 atom stereocenters. The van der Waals surface area contributed by atoms with Gasteiger partial charge in [-0.15, -0.1) is 0 Å². The number of ether oxygens (including phenoxy) is 1. The van der Waals surface area contributed by atoms with E-state index in [1.807, 2.05) is 6.07 Å². The molecule has 0 amide bonds. The first-order chi connectivity index (χ1) is 10.4. The molecule has 0 radical (unpaired) electrons. The highest BCUT2D eigenvalue weighted by atomic mass is 16.5. The molecule has 1 N–H and O–H groups in total. The standard InChI is InChI=1S/C19H19NO/c1-2-6-15(7-3-1)20-16-11-10-14-13-21-19-9-5-4-8-17(19)18(14)12-16/h1-11,14,16,18,20H,12-13H2/t14-,16+,18-/m1/s1. The van der Waals surface area contributed by atoms with Crippen LogP contribution in [0, 0.1) is 5.92 Å². The maximum Gasteiger partial charge on any atom is 0.122 e. The fourth-order valence-electron chi connectivity index (χ4n) is 3.43. The molecular formula is C19H19NO. The van der Waals surface area contributed by atoms with Gasteiger partial charge in [0.1, 0.15) is 5.75 Å². The van der Waals surface area contributed by atoms with Crippen molar-refractivity contribution >= 4 is 5.69 Å². The van der Waals surface area contributed by atoms with Gasteiger partial charge >= 0.3 is 0 Å². The Morgan fingerprint density at radius 2 is 1.71 bits per heavy atom. The Morgan fingerprint density at radius 1 is 0.905 bits per heavy atom. The van der Waals surface area contributed by atoms with Gasteiger partial charge in [-0.05, 0) is 36.1 Å². The molecule has 0 saturated carbocycles. The largest absolute Gasteiger partial charge is 0.493 e. The van der Waals surface area contributed by atoms with E-state index >= 15 is 0 Å². The molecule has 0 fully saturated rings. The van der Waals surface area contributed by atoms with Gasteiger partial charge in [-0.2, -0.15) is 0 Å². The predicted octanol–water partition coefficient (Wildman–Crippen LogP) is 4.22. The van der Waals surface area contributed by atoms with Gasteiger partial charge in [0.2, 0.25) is 0 Å². The van der Waals surface area contributed by atoms with Crippen molar-refractivity contribution in [1.29, 1.82) is 0 Å². The molecule has 4 rings (SSSR count). The third kappa shape index (κ3) is 2.42. The summed E-state index contributed by atoms with van der Waals surface area (Å²) in [6.45, 7) is 0.802. The summed E-state index contributed by atoms with van der Waals surface area (Å²) in [5.74, 6) is 2.13. The molecule has 2 aromatic carbocycles. The van der Waals surface area contributed by atoms with E-state index in [0.717, 1.165) is 18.8 Å². The van der Waals surface area contributed by atoms with Crippen LogP contribution < -0.4 is 10.1 Å². The van der Waals surface area contributed by atoms with Crippen molar-refractivity contribution in [1.82, 2.24) is 0 Å². The molecule has 2 heteroatoms. The van der Waals surface area contributed by atoms with Crippen LogP contribution in [0.25, 0.3) is 0 Å². The number of hydrogen-bond acceptors (Lipinski definition) is 2. The van der Waals surface area contributed by atoms with Gasteiger partial charge in [0.15, 0.2) is 0 Å². The molecule has 0 unspecified atom stereocenters. The fourth-order valence-corrected chi connectivity index (χ4v) is 3.43. The number of rotatable bonds is 2. The first-order valence-corrected chi connectivity index (χ1v) is 7.62. The van der Waals surface area contributed by atoms with Crippen molar-refractivity contribution < 1.29 is 4.74 Å².